The summed E-state index contributed by atoms with van der Waals surface area (Å²) < 4.78 is 6.51. The average molecular weight is 338 g/mol. The van der Waals surface area contributed by atoms with Crippen LogP contribution >= 0.6 is 15.9 Å². The van der Waals surface area contributed by atoms with Crippen molar-refractivity contribution in [1.82, 2.24) is 15.5 Å². The van der Waals surface area contributed by atoms with E-state index in [1.54, 1.807) is 0 Å². The predicted molar refractivity (Wildman–Crippen MR) is 83.9 cm³/mol. The van der Waals surface area contributed by atoms with Crippen molar-refractivity contribution in [3.05, 3.63) is 33.6 Å². The van der Waals surface area contributed by atoms with Crippen molar-refractivity contribution in [3.63, 3.8) is 0 Å². The van der Waals surface area contributed by atoms with E-state index in [0.29, 0.717) is 11.7 Å². The Kier molecular flexibility index (Phi) is 4.94. The second-order valence-corrected chi connectivity index (χ2v) is 5.88. The topological polar surface area (TPSA) is 51.0 Å². The third kappa shape index (κ3) is 3.27. The third-order valence-corrected chi connectivity index (χ3v) is 4.51. The van der Waals surface area contributed by atoms with Gasteiger partial charge in [-0.2, -0.15) is 4.98 Å². The summed E-state index contributed by atoms with van der Waals surface area (Å²) in [4.78, 5) is 4.51. The van der Waals surface area contributed by atoms with Gasteiger partial charge in [-0.25, -0.2) is 0 Å². The van der Waals surface area contributed by atoms with Gasteiger partial charge in [0.25, 0.3) is 0 Å². The number of aryl methyl sites for hydroxylation is 2. The highest BCUT2D eigenvalue weighted by atomic mass is 79.9. The molecule has 1 N–H and O–H groups in total. The van der Waals surface area contributed by atoms with Crippen LogP contribution in [0.1, 0.15) is 36.8 Å². The highest BCUT2D eigenvalue weighted by Gasteiger charge is 2.15. The molecule has 0 radical (unpaired) electrons. The van der Waals surface area contributed by atoms with Gasteiger partial charge in [-0.1, -0.05) is 34.9 Å². The van der Waals surface area contributed by atoms with Crippen molar-refractivity contribution in [3.8, 4) is 11.4 Å². The van der Waals surface area contributed by atoms with Gasteiger partial charge < -0.3 is 9.84 Å². The summed E-state index contributed by atoms with van der Waals surface area (Å²) in [6.45, 7) is 10.1. The molecule has 4 nitrogen and oxygen atoms in total. The van der Waals surface area contributed by atoms with Gasteiger partial charge >= 0.3 is 0 Å². The number of halogens is 1. The molecule has 2 rings (SSSR count). The fourth-order valence-electron chi connectivity index (χ4n) is 2.08. The lowest BCUT2D eigenvalue weighted by molar-refractivity contribution is 0.355. The molecule has 5 heteroatoms. The molecule has 108 valence electrons. The zero-order valence-electron chi connectivity index (χ0n) is 12.3. The first-order chi connectivity index (χ1) is 9.52. The van der Waals surface area contributed by atoms with E-state index in [1.807, 2.05) is 0 Å². The molecular weight excluding hydrogens is 318 g/mol. The Bertz CT molecular complexity index is 572. The van der Waals surface area contributed by atoms with E-state index >= 15 is 0 Å². The van der Waals surface area contributed by atoms with Crippen LogP contribution in [-0.2, 0) is 0 Å². The number of nitrogens with one attached hydrogen (secondary N) is 1. The number of hydrogen-bond acceptors (Lipinski definition) is 4. The van der Waals surface area contributed by atoms with Crippen molar-refractivity contribution in [2.24, 2.45) is 0 Å². The van der Waals surface area contributed by atoms with Crippen LogP contribution in [0.4, 0.5) is 0 Å². The normalized spacial score (nSPS) is 12.7. The molecule has 0 saturated carbocycles. The summed E-state index contributed by atoms with van der Waals surface area (Å²) in [6.07, 6.45) is 0. The summed E-state index contributed by atoms with van der Waals surface area (Å²) in [5.41, 5.74) is 3.34. The van der Waals surface area contributed by atoms with Crippen LogP contribution in [0.3, 0.4) is 0 Å². The van der Waals surface area contributed by atoms with Gasteiger partial charge in [0.05, 0.1) is 0 Å². The molecule has 2 aromatic rings. The Morgan fingerprint density at radius 2 is 1.95 bits per heavy atom. The Labute approximate surface area is 128 Å². The van der Waals surface area contributed by atoms with E-state index in [0.717, 1.165) is 23.1 Å². The van der Waals surface area contributed by atoms with Crippen LogP contribution < -0.4 is 5.32 Å². The third-order valence-electron chi connectivity index (χ3n) is 3.26. The maximum Gasteiger partial charge on any atom is 0.231 e. The van der Waals surface area contributed by atoms with Gasteiger partial charge in [-0.05, 0) is 43.7 Å². The fraction of sp³-hybridized carbons (Fsp3) is 0.467. The monoisotopic (exact) mass is 337 g/mol. The number of benzene rings is 1. The molecule has 0 aliphatic rings. The lowest BCUT2D eigenvalue weighted by Gasteiger charge is -2.06. The van der Waals surface area contributed by atoms with Crippen LogP contribution in [0.2, 0.25) is 0 Å². The van der Waals surface area contributed by atoms with Crippen LogP contribution in [0.25, 0.3) is 11.4 Å². The van der Waals surface area contributed by atoms with E-state index in [2.05, 4.69) is 71.2 Å². The molecule has 0 aliphatic carbocycles. The van der Waals surface area contributed by atoms with Crippen molar-refractivity contribution >= 4 is 15.9 Å². The Hall–Kier alpha value is -1.20. The number of aromatic nitrogens is 2. The molecule has 1 atom stereocenters. The minimum atomic E-state index is 0.217. The first kappa shape index (κ1) is 15.2. The molecule has 1 aromatic carbocycles. The van der Waals surface area contributed by atoms with E-state index < -0.39 is 0 Å². The lowest BCUT2D eigenvalue weighted by atomic mass is 10.1. The Balaban J connectivity index is 2.24. The molecule has 1 aromatic heterocycles. The molecule has 0 amide bonds. The zero-order chi connectivity index (χ0) is 14.7. The first-order valence-corrected chi connectivity index (χ1v) is 7.63. The Morgan fingerprint density at radius 1 is 1.30 bits per heavy atom. The Morgan fingerprint density at radius 3 is 2.55 bits per heavy atom. The SMILES string of the molecule is CCNCC(C)c1nc(-c2cc(C)c(Br)c(C)c2)no1. The lowest BCUT2D eigenvalue weighted by Crippen LogP contribution is -2.19. The largest absolute Gasteiger partial charge is 0.339 e. The zero-order valence-corrected chi connectivity index (χ0v) is 13.9. The summed E-state index contributed by atoms with van der Waals surface area (Å²) in [7, 11) is 0. The number of rotatable bonds is 5. The van der Waals surface area contributed by atoms with Gasteiger partial charge in [0, 0.05) is 22.5 Å². The van der Waals surface area contributed by atoms with Gasteiger partial charge in [0.2, 0.25) is 11.7 Å². The molecule has 0 saturated heterocycles. The van der Waals surface area contributed by atoms with Crippen molar-refractivity contribution in [2.45, 2.75) is 33.6 Å². The highest BCUT2D eigenvalue weighted by Crippen LogP contribution is 2.27. The second-order valence-electron chi connectivity index (χ2n) is 5.09. The van der Waals surface area contributed by atoms with E-state index in [-0.39, 0.29) is 5.92 Å². The minimum absolute atomic E-state index is 0.217. The minimum Gasteiger partial charge on any atom is -0.339 e. The molecule has 0 spiro atoms. The van der Waals surface area contributed by atoms with E-state index in [4.69, 9.17) is 4.52 Å². The molecule has 1 unspecified atom stereocenters. The second kappa shape index (κ2) is 6.50. The maximum atomic E-state index is 5.38. The average Bonchev–Trinajstić information content (AvgIpc) is 2.91. The quantitative estimate of drug-likeness (QED) is 0.900. The molecule has 0 fully saturated rings. The van der Waals surface area contributed by atoms with Gasteiger partial charge in [0.1, 0.15) is 0 Å². The fourth-order valence-corrected chi connectivity index (χ4v) is 2.30. The maximum absolute atomic E-state index is 5.38. The molecule has 0 aliphatic heterocycles. The van der Waals surface area contributed by atoms with E-state index in [9.17, 15) is 0 Å². The highest BCUT2D eigenvalue weighted by molar-refractivity contribution is 9.10. The van der Waals surface area contributed by atoms with Gasteiger partial charge in [-0.15, -0.1) is 0 Å². The molecule has 0 bridgehead atoms. The van der Waals surface area contributed by atoms with Crippen LogP contribution in [0.5, 0.6) is 0 Å². The van der Waals surface area contributed by atoms with Crippen molar-refractivity contribution in [2.75, 3.05) is 13.1 Å². The van der Waals surface area contributed by atoms with Crippen molar-refractivity contribution < 1.29 is 4.52 Å². The first-order valence-electron chi connectivity index (χ1n) is 6.84. The van der Waals surface area contributed by atoms with Crippen LogP contribution in [-0.4, -0.2) is 23.2 Å². The number of nitrogens with zero attached hydrogens (tertiary/aromatic N) is 2. The van der Waals surface area contributed by atoms with E-state index in [1.165, 1.54) is 11.1 Å². The predicted octanol–water partition coefficient (Wildman–Crippen LogP) is 3.83. The molecule has 1 heterocycles. The van der Waals surface area contributed by atoms with Crippen LogP contribution in [0, 0.1) is 13.8 Å². The van der Waals surface area contributed by atoms with Crippen molar-refractivity contribution in [1.29, 1.82) is 0 Å². The smallest absolute Gasteiger partial charge is 0.231 e. The summed E-state index contributed by atoms with van der Waals surface area (Å²) >= 11 is 3.57. The standard InChI is InChI=1S/C15H20BrN3O/c1-5-17-8-11(4)15-18-14(19-20-15)12-6-9(2)13(16)10(3)7-12/h6-7,11,17H,5,8H2,1-4H3. The summed E-state index contributed by atoms with van der Waals surface area (Å²) in [6, 6.07) is 4.14. The summed E-state index contributed by atoms with van der Waals surface area (Å²) in [5, 5.41) is 7.39. The molecular formula is C15H20BrN3O. The number of hydrogen-bond donors (Lipinski definition) is 1. The number of likely N-dealkylation sites (N-methyl/N-ethyl adjacent to an activating group) is 1. The van der Waals surface area contributed by atoms with Gasteiger partial charge in [-0.3, -0.25) is 0 Å². The van der Waals surface area contributed by atoms with Crippen LogP contribution in [0.15, 0.2) is 21.1 Å². The van der Waals surface area contributed by atoms with Gasteiger partial charge in [0.15, 0.2) is 0 Å². The summed E-state index contributed by atoms with van der Waals surface area (Å²) in [5.74, 6) is 1.55. The molecule has 20 heavy (non-hydrogen) atoms.